The molecule has 3 rings (SSSR count). The third-order valence-corrected chi connectivity index (χ3v) is 4.57. The molecule has 0 aliphatic carbocycles. The van der Waals surface area contributed by atoms with E-state index in [0.717, 1.165) is 0 Å². The number of carbonyl (C=O) groups is 2. The lowest BCUT2D eigenvalue weighted by atomic mass is 9.79. The summed E-state index contributed by atoms with van der Waals surface area (Å²) in [7, 11) is 0. The van der Waals surface area contributed by atoms with Crippen molar-refractivity contribution in [2.45, 2.75) is 19.4 Å². The van der Waals surface area contributed by atoms with Crippen molar-refractivity contribution in [1.82, 2.24) is 0 Å². The molecule has 1 amide bonds. The second kappa shape index (κ2) is 5.63. The van der Waals surface area contributed by atoms with Crippen molar-refractivity contribution >= 4 is 17.4 Å². The summed E-state index contributed by atoms with van der Waals surface area (Å²) in [5, 5.41) is 11.2. The van der Waals surface area contributed by atoms with Crippen LogP contribution in [0.15, 0.2) is 54.6 Å². The van der Waals surface area contributed by atoms with Gasteiger partial charge in [-0.3, -0.25) is 9.59 Å². The molecule has 118 valence electrons. The highest BCUT2D eigenvalue weighted by molar-refractivity contribution is 6.11. The van der Waals surface area contributed by atoms with Crippen molar-refractivity contribution in [2.24, 2.45) is 5.92 Å². The number of carbonyl (C=O) groups excluding carboxylic acids is 2. The van der Waals surface area contributed by atoms with Crippen molar-refractivity contribution in [1.29, 1.82) is 0 Å². The Bertz CT molecular complexity index is 756. The molecular formula is C19H19NO3. The smallest absolute Gasteiger partial charge is 0.264 e. The summed E-state index contributed by atoms with van der Waals surface area (Å²) in [5.74, 6) is -1.54. The average molecular weight is 309 g/mol. The van der Waals surface area contributed by atoms with Gasteiger partial charge in [0.15, 0.2) is 11.4 Å². The summed E-state index contributed by atoms with van der Waals surface area (Å²) < 4.78 is 0. The van der Waals surface area contributed by atoms with E-state index in [1.807, 2.05) is 19.1 Å². The fraction of sp³-hybridized carbons (Fsp3) is 0.263. The molecule has 4 nitrogen and oxygen atoms in total. The molecule has 4 heteroatoms. The van der Waals surface area contributed by atoms with Crippen molar-refractivity contribution in [2.75, 3.05) is 11.4 Å². The van der Waals surface area contributed by atoms with Gasteiger partial charge in [0, 0.05) is 17.7 Å². The molecule has 0 unspecified atom stereocenters. The normalized spacial score (nSPS) is 21.2. The van der Waals surface area contributed by atoms with Gasteiger partial charge in [-0.05, 0) is 13.0 Å². The highest BCUT2D eigenvalue weighted by atomic mass is 16.3. The molecule has 0 bridgehead atoms. The third kappa shape index (κ3) is 2.18. The van der Waals surface area contributed by atoms with Gasteiger partial charge in [-0.2, -0.15) is 0 Å². The minimum absolute atomic E-state index is 0.241. The van der Waals surface area contributed by atoms with Crippen LogP contribution in [-0.4, -0.2) is 23.3 Å². The van der Waals surface area contributed by atoms with Crippen molar-refractivity contribution in [3.05, 3.63) is 65.7 Å². The lowest BCUT2D eigenvalue weighted by Gasteiger charge is -2.28. The Balaban J connectivity index is 2.07. The fourth-order valence-electron chi connectivity index (χ4n) is 3.24. The second-order valence-electron chi connectivity index (χ2n) is 5.78. The van der Waals surface area contributed by atoms with Crippen LogP contribution in [0.4, 0.5) is 5.69 Å². The lowest BCUT2D eigenvalue weighted by Crippen LogP contribution is -2.47. The van der Waals surface area contributed by atoms with Crippen LogP contribution in [0.25, 0.3) is 0 Å². The summed E-state index contributed by atoms with van der Waals surface area (Å²) in [4.78, 5) is 27.1. The fourth-order valence-corrected chi connectivity index (χ4v) is 3.24. The molecule has 0 radical (unpaired) electrons. The predicted molar refractivity (Wildman–Crippen MR) is 88.3 cm³/mol. The zero-order valence-corrected chi connectivity index (χ0v) is 13.2. The van der Waals surface area contributed by atoms with E-state index < -0.39 is 17.4 Å². The van der Waals surface area contributed by atoms with Crippen LogP contribution in [0.1, 0.15) is 29.8 Å². The van der Waals surface area contributed by atoms with E-state index in [1.165, 1.54) is 4.90 Å². The SMILES string of the molecule is CCN1C(=O)[C@@](O)([C@H](C)C(=O)c2ccccc2)c2ccccc21. The Morgan fingerprint density at radius 3 is 2.39 bits per heavy atom. The topological polar surface area (TPSA) is 57.6 Å². The molecule has 2 atom stereocenters. The van der Waals surface area contributed by atoms with E-state index in [0.29, 0.717) is 23.4 Å². The summed E-state index contributed by atoms with van der Waals surface area (Å²) >= 11 is 0. The number of hydrogen-bond acceptors (Lipinski definition) is 3. The third-order valence-electron chi connectivity index (χ3n) is 4.57. The molecule has 0 saturated heterocycles. The quantitative estimate of drug-likeness (QED) is 0.884. The number of hydrogen-bond donors (Lipinski definition) is 1. The molecule has 1 heterocycles. The molecule has 1 aliphatic rings. The number of para-hydroxylation sites is 1. The predicted octanol–water partition coefficient (Wildman–Crippen LogP) is 2.76. The number of likely N-dealkylation sites (N-methyl/N-ethyl adjacent to an activating group) is 1. The number of nitrogens with zero attached hydrogens (tertiary/aromatic N) is 1. The summed E-state index contributed by atoms with van der Waals surface area (Å²) in [5.41, 5.74) is -0.146. The van der Waals surface area contributed by atoms with Gasteiger partial charge in [0.2, 0.25) is 0 Å². The maximum absolute atomic E-state index is 12.8. The van der Waals surface area contributed by atoms with Crippen LogP contribution in [-0.2, 0) is 10.4 Å². The summed E-state index contributed by atoms with van der Waals surface area (Å²) in [6, 6.07) is 15.9. The van der Waals surface area contributed by atoms with Gasteiger partial charge in [-0.15, -0.1) is 0 Å². The van der Waals surface area contributed by atoms with E-state index in [9.17, 15) is 14.7 Å². The first-order chi connectivity index (χ1) is 11.0. The Hall–Kier alpha value is -2.46. The maximum atomic E-state index is 12.8. The first kappa shape index (κ1) is 15.4. The molecule has 2 aromatic carbocycles. The molecule has 1 N–H and O–H groups in total. The van der Waals surface area contributed by atoms with Gasteiger partial charge in [-0.25, -0.2) is 0 Å². The first-order valence-electron chi connectivity index (χ1n) is 7.75. The standard InChI is InChI=1S/C19H19NO3/c1-3-20-16-12-8-7-11-15(16)19(23,18(20)22)13(2)17(21)14-9-5-4-6-10-14/h4-13,23H,3H2,1-2H3/t13-,19-/m1/s1. The number of aliphatic hydroxyl groups is 1. The van der Waals surface area contributed by atoms with Gasteiger partial charge in [0.25, 0.3) is 5.91 Å². The van der Waals surface area contributed by atoms with E-state index in [1.54, 1.807) is 49.4 Å². The highest BCUT2D eigenvalue weighted by Crippen LogP contribution is 2.45. The monoisotopic (exact) mass is 309 g/mol. The van der Waals surface area contributed by atoms with Crippen LogP contribution in [0.5, 0.6) is 0 Å². The molecule has 0 saturated carbocycles. The summed E-state index contributed by atoms with van der Waals surface area (Å²) in [6.45, 7) is 3.91. The minimum Gasteiger partial charge on any atom is -0.375 e. The van der Waals surface area contributed by atoms with E-state index >= 15 is 0 Å². The van der Waals surface area contributed by atoms with E-state index in [2.05, 4.69) is 0 Å². The number of benzene rings is 2. The number of rotatable bonds is 4. The molecular weight excluding hydrogens is 290 g/mol. The molecule has 0 fully saturated rings. The zero-order chi connectivity index (χ0) is 16.6. The molecule has 0 spiro atoms. The van der Waals surface area contributed by atoms with Crippen molar-refractivity contribution in [3.8, 4) is 0 Å². The Morgan fingerprint density at radius 1 is 1.13 bits per heavy atom. The number of amides is 1. The molecule has 2 aromatic rings. The molecule has 23 heavy (non-hydrogen) atoms. The van der Waals surface area contributed by atoms with Gasteiger partial charge >= 0.3 is 0 Å². The number of ketones is 1. The van der Waals surface area contributed by atoms with Crippen LogP contribution in [0.2, 0.25) is 0 Å². The lowest BCUT2D eigenvalue weighted by molar-refractivity contribution is -0.139. The average Bonchev–Trinajstić information content (AvgIpc) is 2.83. The Kier molecular flexibility index (Phi) is 3.78. The van der Waals surface area contributed by atoms with Crippen LogP contribution >= 0.6 is 0 Å². The maximum Gasteiger partial charge on any atom is 0.264 e. The van der Waals surface area contributed by atoms with Gasteiger partial charge in [-0.1, -0.05) is 55.5 Å². The number of fused-ring (bicyclic) bond motifs is 1. The van der Waals surface area contributed by atoms with Crippen LogP contribution in [0.3, 0.4) is 0 Å². The summed E-state index contributed by atoms with van der Waals surface area (Å²) in [6.07, 6.45) is 0. The Morgan fingerprint density at radius 2 is 1.74 bits per heavy atom. The van der Waals surface area contributed by atoms with Crippen molar-refractivity contribution < 1.29 is 14.7 Å². The van der Waals surface area contributed by atoms with Crippen LogP contribution < -0.4 is 4.90 Å². The minimum atomic E-state index is -1.82. The Labute approximate surface area is 135 Å². The first-order valence-corrected chi connectivity index (χ1v) is 7.75. The van der Waals surface area contributed by atoms with Gasteiger partial charge in [0.1, 0.15) is 0 Å². The zero-order valence-electron chi connectivity index (χ0n) is 13.2. The second-order valence-corrected chi connectivity index (χ2v) is 5.78. The van der Waals surface area contributed by atoms with Gasteiger partial charge in [0.05, 0.1) is 11.6 Å². The van der Waals surface area contributed by atoms with Crippen LogP contribution in [0, 0.1) is 5.92 Å². The van der Waals surface area contributed by atoms with Gasteiger partial charge < -0.3 is 10.0 Å². The molecule has 0 aromatic heterocycles. The largest absolute Gasteiger partial charge is 0.375 e. The van der Waals surface area contributed by atoms with E-state index in [4.69, 9.17) is 0 Å². The number of anilines is 1. The van der Waals surface area contributed by atoms with Crippen molar-refractivity contribution in [3.63, 3.8) is 0 Å². The van der Waals surface area contributed by atoms with E-state index in [-0.39, 0.29) is 5.78 Å². The highest BCUT2D eigenvalue weighted by Gasteiger charge is 2.54. The molecule has 1 aliphatic heterocycles. The number of Topliss-reactive ketones (excluding diaryl/α,β-unsaturated/α-hetero) is 1.